The van der Waals surface area contributed by atoms with E-state index in [9.17, 15) is 0 Å². The van der Waals surface area contributed by atoms with Crippen LogP contribution in [0.5, 0.6) is 0 Å². The summed E-state index contributed by atoms with van der Waals surface area (Å²) in [5, 5.41) is 0.887. The molecule has 0 unspecified atom stereocenters. The number of nitrogens with two attached hydrogens (primary N) is 1. The van der Waals surface area contributed by atoms with E-state index in [2.05, 4.69) is 27.0 Å². The largest absolute Gasteiger partial charge is 0.457 e. The molecule has 0 saturated heterocycles. The first-order valence-electron chi connectivity index (χ1n) is 5.11. The van der Waals surface area contributed by atoms with E-state index in [-0.39, 0.29) is 0 Å². The molecule has 0 fully saturated rings. The molecule has 0 aliphatic heterocycles. The van der Waals surface area contributed by atoms with Crippen LogP contribution in [0.15, 0.2) is 39.2 Å². The summed E-state index contributed by atoms with van der Waals surface area (Å²) in [6, 6.07) is 9.83. The lowest BCUT2D eigenvalue weighted by Gasteiger charge is -1.88. The number of halogens is 1. The molecule has 17 heavy (non-hydrogen) atoms. The van der Waals surface area contributed by atoms with Crippen molar-refractivity contribution < 1.29 is 4.42 Å². The van der Waals surface area contributed by atoms with Gasteiger partial charge in [-0.05, 0) is 30.3 Å². The van der Waals surface area contributed by atoms with Gasteiger partial charge in [-0.2, -0.15) is 0 Å². The van der Waals surface area contributed by atoms with Crippen LogP contribution in [0, 0.1) is 0 Å². The third kappa shape index (κ3) is 2.01. The molecule has 1 aromatic carbocycles. The van der Waals surface area contributed by atoms with Gasteiger partial charge in [0.2, 0.25) is 0 Å². The first kappa shape index (κ1) is 11.0. The first-order chi connectivity index (χ1) is 8.26. The van der Waals surface area contributed by atoms with Crippen LogP contribution in [0.2, 0.25) is 0 Å². The Morgan fingerprint density at radius 3 is 2.94 bits per heavy atom. The maximum Gasteiger partial charge on any atom is 0.163 e. The number of fused-ring (bicyclic) bond motifs is 1. The summed E-state index contributed by atoms with van der Waals surface area (Å²) in [7, 11) is 0. The van der Waals surface area contributed by atoms with Crippen molar-refractivity contribution in [3.63, 3.8) is 0 Å². The van der Waals surface area contributed by atoms with Crippen LogP contribution in [0.1, 0.15) is 5.76 Å². The van der Waals surface area contributed by atoms with E-state index < -0.39 is 0 Å². The summed E-state index contributed by atoms with van der Waals surface area (Å²) in [6.07, 6.45) is 0. The molecule has 2 heterocycles. The lowest BCUT2D eigenvalue weighted by molar-refractivity contribution is 0.525. The predicted molar refractivity (Wildman–Crippen MR) is 72.9 cm³/mol. The van der Waals surface area contributed by atoms with Gasteiger partial charge in [0, 0.05) is 4.47 Å². The summed E-state index contributed by atoms with van der Waals surface area (Å²) >= 11 is 5.06. The van der Waals surface area contributed by atoms with Gasteiger partial charge in [-0.15, -0.1) is 11.3 Å². The smallest absolute Gasteiger partial charge is 0.163 e. The second-order valence-electron chi connectivity index (χ2n) is 3.60. The molecule has 2 N–H and O–H groups in total. The zero-order valence-corrected chi connectivity index (χ0v) is 11.2. The molecule has 0 radical (unpaired) electrons. The molecule has 3 rings (SSSR count). The second kappa shape index (κ2) is 4.25. The van der Waals surface area contributed by atoms with Gasteiger partial charge in [-0.25, -0.2) is 4.98 Å². The van der Waals surface area contributed by atoms with E-state index >= 15 is 0 Å². The van der Waals surface area contributed by atoms with Crippen LogP contribution in [0.4, 0.5) is 0 Å². The summed E-state index contributed by atoms with van der Waals surface area (Å²) in [4.78, 5) is 4.53. The van der Waals surface area contributed by atoms with E-state index in [1.165, 1.54) is 0 Å². The zero-order valence-electron chi connectivity index (χ0n) is 8.81. The number of furan rings is 1. The molecule has 0 spiro atoms. The Morgan fingerprint density at radius 1 is 1.29 bits per heavy atom. The summed E-state index contributed by atoms with van der Waals surface area (Å²) in [5.41, 5.74) is 6.50. The minimum absolute atomic E-state index is 0.413. The number of hydrogen-bond donors (Lipinski definition) is 1. The number of rotatable bonds is 2. The van der Waals surface area contributed by atoms with E-state index in [1.807, 2.05) is 24.3 Å². The molecule has 86 valence electrons. The molecule has 0 aliphatic carbocycles. The molecule has 0 atom stereocenters. The number of aromatic nitrogens is 1. The highest BCUT2D eigenvalue weighted by Crippen LogP contribution is 2.32. The summed E-state index contributed by atoms with van der Waals surface area (Å²) in [6.45, 7) is 0.413. The van der Waals surface area contributed by atoms with Crippen LogP contribution in [-0.4, -0.2) is 4.98 Å². The average molecular weight is 309 g/mol. The Hall–Kier alpha value is -1.17. The van der Waals surface area contributed by atoms with Gasteiger partial charge < -0.3 is 10.2 Å². The van der Waals surface area contributed by atoms with Crippen molar-refractivity contribution in [2.24, 2.45) is 5.73 Å². The number of thiazole rings is 1. The van der Waals surface area contributed by atoms with Crippen molar-refractivity contribution in [1.82, 2.24) is 4.98 Å². The number of nitrogens with zero attached hydrogens (tertiary/aromatic N) is 1. The fourth-order valence-corrected chi connectivity index (χ4v) is 3.09. The van der Waals surface area contributed by atoms with Crippen LogP contribution in [-0.2, 0) is 6.54 Å². The minimum Gasteiger partial charge on any atom is -0.457 e. The molecule has 5 heteroatoms. The lowest BCUT2D eigenvalue weighted by atomic mass is 10.3. The lowest BCUT2D eigenvalue weighted by Crippen LogP contribution is -1.92. The first-order valence-corrected chi connectivity index (χ1v) is 6.72. The third-order valence-electron chi connectivity index (χ3n) is 2.42. The Morgan fingerprint density at radius 2 is 2.18 bits per heavy atom. The Balaban J connectivity index is 2.11. The molecule has 3 nitrogen and oxygen atoms in total. The van der Waals surface area contributed by atoms with Crippen molar-refractivity contribution in [3.05, 3.63) is 40.6 Å². The van der Waals surface area contributed by atoms with Gasteiger partial charge in [-0.3, -0.25) is 0 Å². The third-order valence-corrected chi connectivity index (χ3v) is 3.95. The highest BCUT2D eigenvalue weighted by atomic mass is 79.9. The number of benzene rings is 1. The molecule has 0 amide bonds. The second-order valence-corrected chi connectivity index (χ2v) is 5.55. The van der Waals surface area contributed by atoms with E-state index in [4.69, 9.17) is 10.2 Å². The number of hydrogen-bond acceptors (Lipinski definition) is 4. The molecule has 2 aromatic heterocycles. The molecular weight excluding hydrogens is 300 g/mol. The van der Waals surface area contributed by atoms with Gasteiger partial charge in [0.15, 0.2) is 10.8 Å². The SMILES string of the molecule is NCc1ccc(-c2nc3ccc(Br)cc3s2)o1. The molecule has 3 aromatic rings. The van der Waals surface area contributed by atoms with Gasteiger partial charge in [0.25, 0.3) is 0 Å². The normalized spacial score (nSPS) is 11.2. The monoisotopic (exact) mass is 308 g/mol. The van der Waals surface area contributed by atoms with Gasteiger partial charge >= 0.3 is 0 Å². The average Bonchev–Trinajstić information content (AvgIpc) is 2.93. The molecule has 0 aliphatic rings. The quantitative estimate of drug-likeness (QED) is 0.784. The highest BCUT2D eigenvalue weighted by Gasteiger charge is 2.10. The van der Waals surface area contributed by atoms with Gasteiger partial charge in [0.1, 0.15) is 5.76 Å². The van der Waals surface area contributed by atoms with Crippen LogP contribution in [0.3, 0.4) is 0 Å². The van der Waals surface area contributed by atoms with Crippen molar-refractivity contribution in [3.8, 4) is 10.8 Å². The van der Waals surface area contributed by atoms with E-state index in [0.717, 1.165) is 31.2 Å². The fourth-order valence-electron chi connectivity index (χ4n) is 1.61. The predicted octanol–water partition coefficient (Wildman–Crippen LogP) is 3.78. The Bertz CT molecular complexity index is 674. The summed E-state index contributed by atoms with van der Waals surface area (Å²) in [5.74, 6) is 1.56. The van der Waals surface area contributed by atoms with Crippen molar-refractivity contribution in [2.75, 3.05) is 0 Å². The Kier molecular flexibility index (Phi) is 2.74. The van der Waals surface area contributed by atoms with Gasteiger partial charge in [0.05, 0.1) is 16.8 Å². The topological polar surface area (TPSA) is 52.0 Å². The van der Waals surface area contributed by atoms with Gasteiger partial charge in [-0.1, -0.05) is 15.9 Å². The van der Waals surface area contributed by atoms with Crippen molar-refractivity contribution >= 4 is 37.5 Å². The van der Waals surface area contributed by atoms with E-state index in [1.54, 1.807) is 11.3 Å². The van der Waals surface area contributed by atoms with E-state index in [0.29, 0.717) is 6.54 Å². The summed E-state index contributed by atoms with van der Waals surface area (Å²) < 4.78 is 7.79. The van der Waals surface area contributed by atoms with Crippen LogP contribution >= 0.6 is 27.3 Å². The van der Waals surface area contributed by atoms with Crippen molar-refractivity contribution in [1.29, 1.82) is 0 Å². The van der Waals surface area contributed by atoms with Crippen molar-refractivity contribution in [2.45, 2.75) is 6.54 Å². The maximum atomic E-state index is 5.59. The maximum absolute atomic E-state index is 5.59. The highest BCUT2D eigenvalue weighted by molar-refractivity contribution is 9.10. The Labute approximate surface area is 110 Å². The standard InChI is InChI=1S/C12H9BrN2OS/c13-7-1-3-9-11(5-7)17-12(15-9)10-4-2-8(6-14)16-10/h1-5H,6,14H2. The molecular formula is C12H9BrN2OS. The minimum atomic E-state index is 0.413. The molecule has 0 bridgehead atoms. The fraction of sp³-hybridized carbons (Fsp3) is 0.0833. The molecule has 0 saturated carbocycles. The van der Waals surface area contributed by atoms with Crippen LogP contribution < -0.4 is 5.73 Å². The zero-order chi connectivity index (χ0) is 11.8. The van der Waals surface area contributed by atoms with Crippen LogP contribution in [0.25, 0.3) is 21.0 Å².